The molecule has 0 unspecified atom stereocenters. The number of carbonyl (C=O) groups is 1. The highest BCUT2D eigenvalue weighted by atomic mass is 79.9. The molecule has 0 bridgehead atoms. The molecule has 0 radical (unpaired) electrons. The lowest BCUT2D eigenvalue weighted by atomic mass is 10.0. The van der Waals surface area contributed by atoms with E-state index in [4.69, 9.17) is 4.74 Å². The predicted molar refractivity (Wildman–Crippen MR) is 86.9 cm³/mol. The van der Waals surface area contributed by atoms with Gasteiger partial charge in [-0.05, 0) is 46.5 Å². The molecule has 0 spiro atoms. The molecular formula is C16H18BrN3O2. The number of methoxy groups -OCH3 is 1. The summed E-state index contributed by atoms with van der Waals surface area (Å²) in [6.07, 6.45) is 3.65. The van der Waals surface area contributed by atoms with Gasteiger partial charge in [0.2, 0.25) is 0 Å². The second-order valence-electron chi connectivity index (χ2n) is 5.39. The zero-order valence-electron chi connectivity index (χ0n) is 12.6. The molecule has 6 heteroatoms. The zero-order valence-corrected chi connectivity index (χ0v) is 14.2. The van der Waals surface area contributed by atoms with E-state index in [0.29, 0.717) is 5.69 Å². The second kappa shape index (κ2) is 6.12. The first-order valence-corrected chi connectivity index (χ1v) is 8.03. The van der Waals surface area contributed by atoms with Gasteiger partial charge in [0.15, 0.2) is 0 Å². The Hall–Kier alpha value is -1.82. The number of amides is 1. The van der Waals surface area contributed by atoms with Crippen molar-refractivity contribution >= 4 is 21.8 Å². The molecule has 0 saturated carbocycles. The lowest BCUT2D eigenvalue weighted by Gasteiger charge is -2.25. The van der Waals surface area contributed by atoms with Gasteiger partial charge < -0.3 is 9.64 Å². The fraction of sp³-hybridized carbons (Fsp3) is 0.375. The topological polar surface area (TPSA) is 47.4 Å². The van der Waals surface area contributed by atoms with Gasteiger partial charge in [-0.3, -0.25) is 9.48 Å². The van der Waals surface area contributed by atoms with Crippen LogP contribution in [0.3, 0.4) is 0 Å². The summed E-state index contributed by atoms with van der Waals surface area (Å²) >= 11 is 3.41. The van der Waals surface area contributed by atoms with Crippen LogP contribution in [0.5, 0.6) is 5.75 Å². The first-order valence-electron chi connectivity index (χ1n) is 7.24. The SMILES string of the molecule is COc1ccc([C@@H]2CCCN2C(=O)c2c(Br)cnn2C)cc1. The number of carbonyl (C=O) groups excluding carboxylic acids is 1. The second-order valence-corrected chi connectivity index (χ2v) is 6.25. The number of aryl methyl sites for hydroxylation is 1. The third kappa shape index (κ3) is 2.63. The average Bonchev–Trinajstić information content (AvgIpc) is 3.14. The maximum atomic E-state index is 12.9. The van der Waals surface area contributed by atoms with Crippen molar-refractivity contribution in [3.05, 3.63) is 46.2 Å². The number of nitrogens with zero attached hydrogens (tertiary/aromatic N) is 3. The number of rotatable bonds is 3. The Morgan fingerprint density at radius 1 is 1.36 bits per heavy atom. The Morgan fingerprint density at radius 3 is 2.68 bits per heavy atom. The third-order valence-electron chi connectivity index (χ3n) is 4.11. The van der Waals surface area contributed by atoms with Gasteiger partial charge in [0.05, 0.1) is 23.8 Å². The highest BCUT2D eigenvalue weighted by molar-refractivity contribution is 9.10. The minimum absolute atomic E-state index is 0.0187. The van der Waals surface area contributed by atoms with Crippen LogP contribution in [0.15, 0.2) is 34.9 Å². The molecule has 1 fully saturated rings. The molecule has 0 aliphatic carbocycles. The first kappa shape index (κ1) is 15.1. The summed E-state index contributed by atoms with van der Waals surface area (Å²) in [5, 5.41) is 4.13. The Labute approximate surface area is 138 Å². The minimum Gasteiger partial charge on any atom is -0.497 e. The summed E-state index contributed by atoms with van der Waals surface area (Å²) < 4.78 is 7.56. The maximum Gasteiger partial charge on any atom is 0.273 e. The standard InChI is InChI=1S/C16H18BrN3O2/c1-19-15(13(17)10-18-19)16(21)20-9-3-4-14(20)11-5-7-12(22-2)8-6-11/h5-8,10,14H,3-4,9H2,1-2H3/t14-/m0/s1. The van der Waals surface area contributed by atoms with Gasteiger partial charge >= 0.3 is 0 Å². The predicted octanol–water partition coefficient (Wildman–Crippen LogP) is 3.17. The quantitative estimate of drug-likeness (QED) is 0.841. The van der Waals surface area contributed by atoms with Crippen molar-refractivity contribution in [1.29, 1.82) is 0 Å². The Kier molecular flexibility index (Phi) is 4.20. The molecule has 1 aliphatic rings. The van der Waals surface area contributed by atoms with Crippen molar-refractivity contribution in [2.24, 2.45) is 7.05 Å². The van der Waals surface area contributed by atoms with Gasteiger partial charge in [0, 0.05) is 13.6 Å². The number of hydrogen-bond donors (Lipinski definition) is 0. The Morgan fingerprint density at radius 2 is 2.09 bits per heavy atom. The highest BCUT2D eigenvalue weighted by Crippen LogP contribution is 2.34. The van der Waals surface area contributed by atoms with E-state index in [1.807, 2.05) is 29.2 Å². The van der Waals surface area contributed by atoms with Crippen LogP contribution in [0.1, 0.15) is 34.9 Å². The van der Waals surface area contributed by atoms with Crippen LogP contribution in [0.2, 0.25) is 0 Å². The van der Waals surface area contributed by atoms with E-state index < -0.39 is 0 Å². The smallest absolute Gasteiger partial charge is 0.273 e. The lowest BCUT2D eigenvalue weighted by molar-refractivity contribution is 0.0723. The number of likely N-dealkylation sites (tertiary alicyclic amines) is 1. The summed E-state index contributed by atoms with van der Waals surface area (Å²) in [5.74, 6) is 0.846. The average molecular weight is 364 g/mol. The molecule has 1 aromatic carbocycles. The van der Waals surface area contributed by atoms with Crippen LogP contribution in [-0.2, 0) is 7.05 Å². The van der Waals surface area contributed by atoms with E-state index in [-0.39, 0.29) is 11.9 Å². The van der Waals surface area contributed by atoms with E-state index in [1.54, 1.807) is 25.0 Å². The van der Waals surface area contributed by atoms with Crippen molar-refractivity contribution < 1.29 is 9.53 Å². The number of benzene rings is 1. The van der Waals surface area contributed by atoms with Gasteiger partial charge in [-0.1, -0.05) is 12.1 Å². The maximum absolute atomic E-state index is 12.9. The molecule has 1 saturated heterocycles. The molecule has 116 valence electrons. The zero-order chi connectivity index (χ0) is 15.7. The molecule has 5 nitrogen and oxygen atoms in total. The van der Waals surface area contributed by atoms with Crippen molar-refractivity contribution in [1.82, 2.24) is 14.7 Å². The van der Waals surface area contributed by atoms with Gasteiger partial charge in [0.1, 0.15) is 11.4 Å². The summed E-state index contributed by atoms with van der Waals surface area (Å²) in [7, 11) is 3.44. The van der Waals surface area contributed by atoms with Crippen LogP contribution in [0, 0.1) is 0 Å². The van der Waals surface area contributed by atoms with E-state index in [1.165, 1.54) is 0 Å². The molecule has 2 heterocycles. The normalized spacial score (nSPS) is 17.8. The Balaban J connectivity index is 1.88. The molecule has 1 amide bonds. The number of aromatic nitrogens is 2. The largest absolute Gasteiger partial charge is 0.497 e. The summed E-state index contributed by atoms with van der Waals surface area (Å²) in [4.78, 5) is 14.8. The number of ether oxygens (including phenoxy) is 1. The Bertz CT molecular complexity index is 662. The van der Waals surface area contributed by atoms with Crippen LogP contribution < -0.4 is 4.74 Å². The molecule has 1 aliphatic heterocycles. The lowest BCUT2D eigenvalue weighted by Crippen LogP contribution is -2.32. The van der Waals surface area contributed by atoms with E-state index in [2.05, 4.69) is 21.0 Å². The van der Waals surface area contributed by atoms with Crippen LogP contribution >= 0.6 is 15.9 Å². The van der Waals surface area contributed by atoms with Gasteiger partial charge in [-0.25, -0.2) is 0 Å². The molecule has 1 atom stereocenters. The van der Waals surface area contributed by atoms with Crippen molar-refractivity contribution in [2.45, 2.75) is 18.9 Å². The van der Waals surface area contributed by atoms with Crippen LogP contribution in [-0.4, -0.2) is 34.2 Å². The summed E-state index contributed by atoms with van der Waals surface area (Å²) in [6.45, 7) is 0.771. The minimum atomic E-state index is 0.0187. The molecule has 1 aromatic heterocycles. The monoisotopic (exact) mass is 363 g/mol. The van der Waals surface area contributed by atoms with Crippen molar-refractivity contribution in [2.75, 3.05) is 13.7 Å². The number of hydrogen-bond acceptors (Lipinski definition) is 3. The first-order chi connectivity index (χ1) is 10.6. The van der Waals surface area contributed by atoms with Gasteiger partial charge in [-0.2, -0.15) is 5.10 Å². The van der Waals surface area contributed by atoms with Gasteiger partial charge in [0.25, 0.3) is 5.91 Å². The fourth-order valence-electron chi connectivity index (χ4n) is 2.97. The fourth-order valence-corrected chi connectivity index (χ4v) is 3.49. The molecule has 3 rings (SSSR count). The van der Waals surface area contributed by atoms with Crippen LogP contribution in [0.4, 0.5) is 0 Å². The summed E-state index contributed by atoms with van der Waals surface area (Å²) in [6, 6.07) is 8.06. The van der Waals surface area contributed by atoms with E-state index in [0.717, 1.165) is 35.2 Å². The highest BCUT2D eigenvalue weighted by Gasteiger charge is 2.32. The third-order valence-corrected chi connectivity index (χ3v) is 4.69. The molecule has 2 aromatic rings. The van der Waals surface area contributed by atoms with Crippen molar-refractivity contribution in [3.63, 3.8) is 0 Å². The van der Waals surface area contributed by atoms with E-state index >= 15 is 0 Å². The van der Waals surface area contributed by atoms with Gasteiger partial charge in [-0.15, -0.1) is 0 Å². The number of halogens is 1. The van der Waals surface area contributed by atoms with Crippen molar-refractivity contribution in [3.8, 4) is 5.75 Å². The van der Waals surface area contributed by atoms with E-state index in [9.17, 15) is 4.79 Å². The molecule has 22 heavy (non-hydrogen) atoms. The van der Waals surface area contributed by atoms with Crippen LogP contribution in [0.25, 0.3) is 0 Å². The summed E-state index contributed by atoms with van der Waals surface area (Å²) in [5.41, 5.74) is 1.74. The molecule has 0 N–H and O–H groups in total. The molecular weight excluding hydrogens is 346 g/mol.